The third-order valence-electron chi connectivity index (χ3n) is 2.92. The smallest absolute Gasteiger partial charge is 0.414 e. The maximum Gasteiger partial charge on any atom is 0.414 e. The van der Waals surface area contributed by atoms with Gasteiger partial charge in [-0.05, 0) is 68.7 Å². The van der Waals surface area contributed by atoms with Crippen LogP contribution in [0.5, 0.6) is 0 Å². The lowest BCUT2D eigenvalue weighted by Crippen LogP contribution is -2.47. The van der Waals surface area contributed by atoms with Crippen LogP contribution in [0, 0.1) is 0 Å². The quantitative estimate of drug-likeness (QED) is 0.276. The number of amides is 3. The van der Waals surface area contributed by atoms with Gasteiger partial charge in [-0.25, -0.2) is 19.2 Å². The van der Waals surface area contributed by atoms with Crippen molar-refractivity contribution in [1.29, 1.82) is 0 Å². The molecule has 0 unspecified atom stereocenters. The molecule has 0 fully saturated rings. The Balaban J connectivity index is 5.26. The molecule has 32 heavy (non-hydrogen) atoms. The Morgan fingerprint density at radius 2 is 1.12 bits per heavy atom. The number of hydrogen-bond acceptors (Lipinski definition) is 8. The van der Waals surface area contributed by atoms with Crippen molar-refractivity contribution < 1.29 is 38.5 Å². The molecule has 12 heteroatoms. The Labute approximate surface area is 188 Å². The zero-order valence-electron chi connectivity index (χ0n) is 20.2. The summed E-state index contributed by atoms with van der Waals surface area (Å²) in [5.74, 6) is -1.59. The average molecular weight is 461 g/mol. The van der Waals surface area contributed by atoms with Crippen molar-refractivity contribution >= 4 is 30.2 Å². The van der Waals surface area contributed by atoms with E-state index in [1.165, 1.54) is 0 Å². The lowest BCUT2D eigenvalue weighted by Gasteiger charge is -2.22. The normalized spacial score (nSPS) is 12.7. The van der Waals surface area contributed by atoms with Gasteiger partial charge in [0, 0.05) is 6.54 Å². The molecule has 0 aliphatic rings. The van der Waals surface area contributed by atoms with E-state index in [0.29, 0.717) is 0 Å². The molecule has 0 saturated heterocycles. The van der Waals surface area contributed by atoms with Gasteiger partial charge < -0.3 is 24.6 Å². The van der Waals surface area contributed by atoms with Crippen LogP contribution in [0.1, 0.15) is 68.7 Å². The predicted molar refractivity (Wildman–Crippen MR) is 116 cm³/mol. The molecule has 0 saturated carbocycles. The number of carboxylic acid groups (broad SMARTS) is 1. The first-order valence-corrected chi connectivity index (χ1v) is 10.0. The number of guanidine groups is 1. The number of nitrogens with one attached hydrogen (secondary N) is 3. The molecule has 3 amide bonds. The van der Waals surface area contributed by atoms with Crippen LogP contribution < -0.4 is 16.0 Å². The number of nitrogens with zero attached hydrogens (tertiary/aromatic N) is 1. The molecule has 0 heterocycles. The van der Waals surface area contributed by atoms with Crippen molar-refractivity contribution in [2.45, 2.75) is 91.6 Å². The Kier molecular flexibility index (Phi) is 10.4. The highest BCUT2D eigenvalue weighted by molar-refractivity contribution is 6.01. The van der Waals surface area contributed by atoms with Gasteiger partial charge in [0.25, 0.3) is 0 Å². The van der Waals surface area contributed by atoms with Gasteiger partial charge in [-0.1, -0.05) is 0 Å². The van der Waals surface area contributed by atoms with Crippen LogP contribution in [-0.4, -0.2) is 64.7 Å². The van der Waals surface area contributed by atoms with Crippen LogP contribution in [0.25, 0.3) is 0 Å². The number of aliphatic carboxylic acids is 1. The van der Waals surface area contributed by atoms with Crippen LogP contribution in [0.2, 0.25) is 0 Å². The maximum absolute atomic E-state index is 12.0. The lowest BCUT2D eigenvalue weighted by atomic mass is 10.2. The van der Waals surface area contributed by atoms with Crippen LogP contribution in [0.3, 0.4) is 0 Å². The lowest BCUT2D eigenvalue weighted by molar-refractivity contribution is -0.139. The summed E-state index contributed by atoms with van der Waals surface area (Å²) in [5.41, 5.74) is -2.40. The topological polar surface area (TPSA) is 165 Å². The molecule has 0 aromatic rings. The van der Waals surface area contributed by atoms with Crippen LogP contribution in [0.4, 0.5) is 14.4 Å². The second-order valence-corrected chi connectivity index (χ2v) is 9.81. The summed E-state index contributed by atoms with van der Waals surface area (Å²) in [7, 11) is 0. The molecular weight excluding hydrogens is 424 g/mol. The molecule has 0 aromatic heterocycles. The second kappa shape index (κ2) is 11.5. The zero-order chi connectivity index (χ0) is 25.3. The molecule has 0 aromatic carbocycles. The largest absolute Gasteiger partial charge is 0.480 e. The van der Waals surface area contributed by atoms with Gasteiger partial charge in [0.2, 0.25) is 5.96 Å². The number of carbonyl (C=O) groups excluding carboxylic acids is 3. The molecule has 0 spiro atoms. The summed E-state index contributed by atoms with van der Waals surface area (Å²) in [6.07, 6.45) is -2.81. The number of carbonyl (C=O) groups is 4. The SMILES string of the molecule is CC(C)(C)OC(=O)NC(=NCC[C@H](NC(=O)OC(C)(C)C)C(=O)O)NC(=O)OC(C)(C)C. The van der Waals surface area contributed by atoms with E-state index in [1.54, 1.807) is 62.3 Å². The van der Waals surface area contributed by atoms with E-state index in [-0.39, 0.29) is 18.9 Å². The first-order chi connectivity index (χ1) is 14.3. The van der Waals surface area contributed by atoms with Crippen molar-refractivity contribution in [3.8, 4) is 0 Å². The molecule has 184 valence electrons. The van der Waals surface area contributed by atoms with Crippen molar-refractivity contribution in [2.24, 2.45) is 4.99 Å². The molecule has 0 radical (unpaired) electrons. The van der Waals surface area contributed by atoms with Crippen LogP contribution >= 0.6 is 0 Å². The van der Waals surface area contributed by atoms with E-state index in [0.717, 1.165) is 0 Å². The van der Waals surface area contributed by atoms with E-state index in [2.05, 4.69) is 20.9 Å². The molecule has 0 rings (SSSR count). The Morgan fingerprint density at radius 1 is 0.750 bits per heavy atom. The van der Waals surface area contributed by atoms with E-state index in [9.17, 15) is 24.3 Å². The number of ether oxygens (including phenoxy) is 3. The molecule has 4 N–H and O–H groups in total. The Hall–Kier alpha value is -3.05. The first-order valence-electron chi connectivity index (χ1n) is 10.0. The van der Waals surface area contributed by atoms with Crippen molar-refractivity contribution in [3.05, 3.63) is 0 Å². The Bertz CT molecular complexity index is 683. The monoisotopic (exact) mass is 460 g/mol. The molecular formula is C20H36N4O8. The van der Waals surface area contributed by atoms with Crippen molar-refractivity contribution in [1.82, 2.24) is 16.0 Å². The summed E-state index contributed by atoms with van der Waals surface area (Å²) in [6, 6.07) is -1.31. The third kappa shape index (κ3) is 15.7. The Morgan fingerprint density at radius 3 is 1.47 bits per heavy atom. The number of carboxylic acids is 1. The minimum Gasteiger partial charge on any atom is -0.480 e. The maximum atomic E-state index is 12.0. The molecule has 0 aliphatic heterocycles. The van der Waals surface area contributed by atoms with Gasteiger partial charge >= 0.3 is 24.2 Å². The minimum absolute atomic E-state index is 0.149. The first kappa shape index (κ1) is 28.9. The van der Waals surface area contributed by atoms with Crippen molar-refractivity contribution in [3.63, 3.8) is 0 Å². The molecule has 12 nitrogen and oxygen atoms in total. The second-order valence-electron chi connectivity index (χ2n) is 9.81. The van der Waals surface area contributed by atoms with Gasteiger partial charge in [-0.2, -0.15) is 0 Å². The predicted octanol–water partition coefficient (Wildman–Crippen LogP) is 2.76. The molecule has 0 bridgehead atoms. The summed E-state index contributed by atoms with van der Waals surface area (Å²) >= 11 is 0. The summed E-state index contributed by atoms with van der Waals surface area (Å²) < 4.78 is 15.3. The minimum atomic E-state index is -1.31. The van der Waals surface area contributed by atoms with E-state index in [4.69, 9.17) is 14.2 Å². The van der Waals surface area contributed by atoms with Crippen molar-refractivity contribution in [2.75, 3.05) is 6.54 Å². The van der Waals surface area contributed by atoms with Gasteiger partial charge in [-0.15, -0.1) is 0 Å². The fraction of sp³-hybridized carbons (Fsp3) is 0.750. The highest BCUT2D eigenvalue weighted by atomic mass is 16.6. The number of alkyl carbamates (subject to hydrolysis) is 3. The van der Waals surface area contributed by atoms with Gasteiger partial charge in [0.15, 0.2) is 0 Å². The van der Waals surface area contributed by atoms with Gasteiger partial charge in [-0.3, -0.25) is 15.6 Å². The van der Waals surface area contributed by atoms with Gasteiger partial charge in [0.05, 0.1) is 0 Å². The zero-order valence-corrected chi connectivity index (χ0v) is 20.2. The highest BCUT2D eigenvalue weighted by Crippen LogP contribution is 2.09. The third-order valence-corrected chi connectivity index (χ3v) is 2.92. The number of hydrogen-bond donors (Lipinski definition) is 4. The molecule has 1 atom stereocenters. The van der Waals surface area contributed by atoms with Gasteiger partial charge in [0.1, 0.15) is 22.8 Å². The number of aliphatic imine (C=N–C) groups is 1. The fourth-order valence-corrected chi connectivity index (χ4v) is 1.92. The van der Waals surface area contributed by atoms with E-state index >= 15 is 0 Å². The van der Waals surface area contributed by atoms with Crippen LogP contribution in [0.15, 0.2) is 4.99 Å². The van der Waals surface area contributed by atoms with Crippen LogP contribution in [-0.2, 0) is 19.0 Å². The summed E-state index contributed by atoms with van der Waals surface area (Å²) in [4.78, 5) is 51.4. The standard InChI is InChI=1S/C20H36N4O8/c1-18(2,3)30-15(27)22-12(13(25)26)10-11-21-14(23-16(28)31-19(4,5)6)24-17(29)32-20(7,8)9/h12H,10-11H2,1-9H3,(H,22,27)(H,25,26)(H2,21,23,24,28,29)/t12-/m0/s1. The van der Waals surface area contributed by atoms with E-state index < -0.39 is 47.1 Å². The highest BCUT2D eigenvalue weighted by Gasteiger charge is 2.25. The average Bonchev–Trinajstić information content (AvgIpc) is 2.47. The van der Waals surface area contributed by atoms with E-state index in [1.807, 2.05) is 0 Å². The fourth-order valence-electron chi connectivity index (χ4n) is 1.92. The summed E-state index contributed by atoms with van der Waals surface area (Å²) in [6.45, 7) is 14.7. The number of rotatable bonds is 5. The molecule has 0 aliphatic carbocycles. The summed E-state index contributed by atoms with van der Waals surface area (Å²) in [5, 5.41) is 16.1.